The molecule has 0 aliphatic carbocycles. The number of aromatic nitrogens is 1. The van der Waals surface area contributed by atoms with Crippen molar-refractivity contribution in [3.05, 3.63) is 52.7 Å². The van der Waals surface area contributed by atoms with Crippen LogP contribution >= 0.6 is 11.6 Å². The Bertz CT molecular complexity index is 560. The lowest BCUT2D eigenvalue weighted by Gasteiger charge is -2.07. The highest BCUT2D eigenvalue weighted by Gasteiger charge is 2.10. The fourth-order valence-electron chi connectivity index (χ4n) is 1.27. The van der Waals surface area contributed by atoms with Crippen molar-refractivity contribution < 1.29 is 13.5 Å². The quantitative estimate of drug-likeness (QED) is 0.805. The average molecular weight is 256 g/mol. The van der Waals surface area contributed by atoms with Gasteiger partial charge in [0.25, 0.3) is 5.88 Å². The number of ether oxygens (including phenoxy) is 1. The van der Waals surface area contributed by atoms with Gasteiger partial charge in [0, 0.05) is 6.20 Å². The highest BCUT2D eigenvalue weighted by molar-refractivity contribution is 6.30. The van der Waals surface area contributed by atoms with Crippen molar-refractivity contribution in [3.8, 4) is 11.6 Å². The average Bonchev–Trinajstić information content (AvgIpc) is 2.27. The smallest absolute Gasteiger partial charge is 0.256 e. The summed E-state index contributed by atoms with van der Waals surface area (Å²) in [6.07, 6.45) is 1.23. The normalized spacial score (nSPS) is 10.4. The van der Waals surface area contributed by atoms with Crippen LogP contribution < -0.4 is 4.74 Å². The van der Waals surface area contributed by atoms with E-state index in [-0.39, 0.29) is 16.7 Å². The Balaban J connectivity index is 2.34. The van der Waals surface area contributed by atoms with Gasteiger partial charge in [0.1, 0.15) is 0 Å². The van der Waals surface area contributed by atoms with Crippen LogP contribution in [-0.2, 0) is 0 Å². The molecule has 0 radical (unpaired) electrons. The minimum absolute atomic E-state index is 0.0706. The van der Waals surface area contributed by atoms with Gasteiger partial charge in [-0.2, -0.15) is 0 Å². The van der Waals surface area contributed by atoms with E-state index in [2.05, 4.69) is 4.98 Å². The van der Waals surface area contributed by atoms with E-state index in [9.17, 15) is 8.78 Å². The minimum atomic E-state index is -0.738. The van der Waals surface area contributed by atoms with Gasteiger partial charge in [-0.05, 0) is 30.7 Å². The molecular formula is C12H8ClF2NO. The zero-order valence-electron chi connectivity index (χ0n) is 8.88. The number of pyridine rings is 1. The maximum atomic E-state index is 13.4. The van der Waals surface area contributed by atoms with Crippen LogP contribution in [0.4, 0.5) is 8.78 Å². The van der Waals surface area contributed by atoms with Crippen molar-refractivity contribution in [1.82, 2.24) is 4.98 Å². The number of hydrogen-bond acceptors (Lipinski definition) is 2. The highest BCUT2D eigenvalue weighted by atomic mass is 35.5. The van der Waals surface area contributed by atoms with Gasteiger partial charge in [0.15, 0.2) is 17.4 Å². The summed E-state index contributed by atoms with van der Waals surface area (Å²) in [5, 5.41) is 0.152. The van der Waals surface area contributed by atoms with Gasteiger partial charge >= 0.3 is 0 Å². The van der Waals surface area contributed by atoms with Crippen LogP contribution in [0.2, 0.25) is 5.02 Å². The zero-order chi connectivity index (χ0) is 12.4. The van der Waals surface area contributed by atoms with Crippen molar-refractivity contribution in [3.63, 3.8) is 0 Å². The fourth-order valence-corrected chi connectivity index (χ4v) is 1.41. The maximum Gasteiger partial charge on any atom is 0.256 e. The summed E-state index contributed by atoms with van der Waals surface area (Å²) in [4.78, 5) is 3.65. The number of halogens is 3. The van der Waals surface area contributed by atoms with Crippen LogP contribution in [0.5, 0.6) is 11.6 Å². The second-order valence-electron chi connectivity index (χ2n) is 3.48. The summed E-state index contributed by atoms with van der Waals surface area (Å²) in [6, 6.07) is 5.36. The van der Waals surface area contributed by atoms with Crippen molar-refractivity contribution in [1.29, 1.82) is 0 Å². The third-order valence-corrected chi connectivity index (χ3v) is 2.27. The Labute approximate surface area is 102 Å². The van der Waals surface area contributed by atoms with Crippen molar-refractivity contribution in [2.75, 3.05) is 0 Å². The monoisotopic (exact) mass is 255 g/mol. The van der Waals surface area contributed by atoms with E-state index in [0.717, 1.165) is 11.6 Å². The molecule has 0 aliphatic rings. The highest BCUT2D eigenvalue weighted by Crippen LogP contribution is 2.26. The number of hydrogen-bond donors (Lipinski definition) is 0. The molecule has 0 spiro atoms. The molecule has 2 rings (SSSR count). The lowest BCUT2D eigenvalue weighted by Crippen LogP contribution is -1.94. The lowest BCUT2D eigenvalue weighted by molar-refractivity contribution is 0.398. The molecule has 0 bridgehead atoms. The molecule has 1 aromatic carbocycles. The number of aryl methyl sites for hydroxylation is 1. The van der Waals surface area contributed by atoms with Gasteiger partial charge in [-0.25, -0.2) is 13.8 Å². The van der Waals surface area contributed by atoms with Crippen LogP contribution in [0.25, 0.3) is 0 Å². The molecule has 17 heavy (non-hydrogen) atoms. The van der Waals surface area contributed by atoms with E-state index in [1.54, 1.807) is 13.0 Å². The molecule has 5 heteroatoms. The lowest BCUT2D eigenvalue weighted by atomic mass is 10.2. The van der Waals surface area contributed by atoms with Crippen LogP contribution in [0, 0.1) is 18.6 Å². The molecule has 0 saturated carbocycles. The van der Waals surface area contributed by atoms with Gasteiger partial charge in [0.2, 0.25) is 0 Å². The predicted molar refractivity (Wildman–Crippen MR) is 60.4 cm³/mol. The summed E-state index contributed by atoms with van der Waals surface area (Å²) < 4.78 is 31.8. The van der Waals surface area contributed by atoms with Crippen molar-refractivity contribution in [2.24, 2.45) is 0 Å². The van der Waals surface area contributed by atoms with Crippen LogP contribution in [0.15, 0.2) is 30.5 Å². The van der Waals surface area contributed by atoms with Gasteiger partial charge in [-0.3, -0.25) is 0 Å². The van der Waals surface area contributed by atoms with Crippen molar-refractivity contribution >= 4 is 11.6 Å². The van der Waals surface area contributed by atoms with E-state index in [4.69, 9.17) is 16.3 Å². The molecule has 0 amide bonds. The van der Waals surface area contributed by atoms with Gasteiger partial charge in [-0.15, -0.1) is 0 Å². The standard InChI is InChI=1S/C12H8ClF2NO/c1-7-2-3-9(14)11(4-7)17-12-10(15)5-8(13)6-16-12/h2-6H,1H3. The second-order valence-corrected chi connectivity index (χ2v) is 3.91. The topological polar surface area (TPSA) is 22.1 Å². The molecule has 1 heterocycles. The van der Waals surface area contributed by atoms with Crippen LogP contribution in [-0.4, -0.2) is 4.98 Å². The van der Waals surface area contributed by atoms with Crippen LogP contribution in [0.1, 0.15) is 5.56 Å². The van der Waals surface area contributed by atoms with Gasteiger partial charge in [0.05, 0.1) is 5.02 Å². The maximum absolute atomic E-state index is 13.4. The SMILES string of the molecule is Cc1ccc(F)c(Oc2ncc(Cl)cc2F)c1. The molecule has 0 aliphatic heterocycles. The fraction of sp³-hybridized carbons (Fsp3) is 0.0833. The first-order chi connectivity index (χ1) is 8.06. The largest absolute Gasteiger partial charge is 0.433 e. The van der Waals surface area contributed by atoms with E-state index in [1.807, 2.05) is 0 Å². The van der Waals surface area contributed by atoms with E-state index < -0.39 is 11.6 Å². The number of rotatable bonds is 2. The number of benzene rings is 1. The van der Waals surface area contributed by atoms with Crippen molar-refractivity contribution in [2.45, 2.75) is 6.92 Å². The Morgan fingerprint density at radius 1 is 1.18 bits per heavy atom. The second kappa shape index (κ2) is 4.67. The molecular weight excluding hydrogens is 248 g/mol. The Kier molecular flexibility index (Phi) is 3.24. The summed E-state index contributed by atoms with van der Waals surface area (Å²) in [7, 11) is 0. The third kappa shape index (κ3) is 2.71. The Morgan fingerprint density at radius 3 is 2.65 bits per heavy atom. The Morgan fingerprint density at radius 2 is 1.94 bits per heavy atom. The first-order valence-corrected chi connectivity index (χ1v) is 5.19. The zero-order valence-corrected chi connectivity index (χ0v) is 9.63. The minimum Gasteiger partial charge on any atom is -0.433 e. The summed E-state index contributed by atoms with van der Waals surface area (Å²) >= 11 is 5.54. The summed E-state index contributed by atoms with van der Waals surface area (Å²) in [6.45, 7) is 1.78. The predicted octanol–water partition coefficient (Wildman–Crippen LogP) is 4.11. The van der Waals surface area contributed by atoms with E-state index in [1.165, 1.54) is 18.3 Å². The summed E-state index contributed by atoms with van der Waals surface area (Å²) in [5.41, 5.74) is 0.802. The van der Waals surface area contributed by atoms with Gasteiger partial charge < -0.3 is 4.74 Å². The van der Waals surface area contributed by atoms with Crippen LogP contribution in [0.3, 0.4) is 0 Å². The molecule has 2 aromatic rings. The molecule has 0 fully saturated rings. The van der Waals surface area contributed by atoms with E-state index in [0.29, 0.717) is 0 Å². The van der Waals surface area contributed by atoms with Gasteiger partial charge in [-0.1, -0.05) is 17.7 Å². The number of nitrogens with zero attached hydrogens (tertiary/aromatic N) is 1. The molecule has 0 N–H and O–H groups in total. The third-order valence-electron chi connectivity index (χ3n) is 2.07. The van der Waals surface area contributed by atoms with E-state index >= 15 is 0 Å². The molecule has 0 saturated heterocycles. The molecule has 1 aromatic heterocycles. The molecule has 0 atom stereocenters. The molecule has 2 nitrogen and oxygen atoms in total. The Hall–Kier alpha value is -1.68. The summed E-state index contributed by atoms with van der Waals surface area (Å²) in [5.74, 6) is -1.69. The molecule has 0 unspecified atom stereocenters. The first kappa shape index (κ1) is 11.8. The first-order valence-electron chi connectivity index (χ1n) is 4.81. The molecule has 88 valence electrons.